The van der Waals surface area contributed by atoms with Crippen molar-refractivity contribution in [2.45, 2.75) is 0 Å². The summed E-state index contributed by atoms with van der Waals surface area (Å²) in [6.07, 6.45) is 1.39. The van der Waals surface area contributed by atoms with Crippen LogP contribution in [0.1, 0.15) is 11.1 Å². The molecule has 0 aliphatic rings. The molecule has 0 saturated heterocycles. The van der Waals surface area contributed by atoms with Crippen molar-refractivity contribution < 1.29 is 4.74 Å². The summed E-state index contributed by atoms with van der Waals surface area (Å²) >= 11 is 0. The van der Waals surface area contributed by atoms with E-state index in [1.807, 2.05) is 78.9 Å². The predicted octanol–water partition coefficient (Wildman–Crippen LogP) is 6.05. The lowest BCUT2D eigenvalue weighted by Crippen LogP contribution is -2.12. The van der Waals surface area contributed by atoms with E-state index < -0.39 is 0 Å². The summed E-state index contributed by atoms with van der Waals surface area (Å²) in [7, 11) is 1.62. The van der Waals surface area contributed by atoms with Crippen molar-refractivity contribution in [3.05, 3.63) is 108 Å². The third kappa shape index (κ3) is 3.93. The van der Waals surface area contributed by atoms with Crippen LogP contribution >= 0.6 is 0 Å². The van der Waals surface area contributed by atoms with Gasteiger partial charge in [-0.3, -0.25) is 5.41 Å². The van der Waals surface area contributed by atoms with Crippen LogP contribution in [0.4, 0.5) is 17.3 Å². The van der Waals surface area contributed by atoms with E-state index in [1.54, 1.807) is 7.11 Å². The molecule has 5 rings (SSSR count). The maximum Gasteiger partial charge on any atom is 0.145 e. The molecule has 0 saturated carbocycles. The Bertz CT molecular complexity index is 1490. The number of nitrogens with one attached hydrogen (secondary N) is 2. The minimum absolute atomic E-state index is 0.230. The molecule has 0 aliphatic heterocycles. The molecule has 0 bridgehead atoms. The summed E-state index contributed by atoms with van der Waals surface area (Å²) in [6, 6.07) is 29.8. The second-order valence-corrected chi connectivity index (χ2v) is 7.79. The number of benzene rings is 4. The molecule has 0 unspecified atom stereocenters. The number of methoxy groups -OCH3 is 1. The van der Waals surface area contributed by atoms with E-state index in [0.717, 1.165) is 27.5 Å². The predicted molar refractivity (Wildman–Crippen MR) is 138 cm³/mol. The fourth-order valence-corrected chi connectivity index (χ4v) is 4.06. The van der Waals surface area contributed by atoms with Crippen LogP contribution in [0, 0.1) is 5.41 Å². The number of nitrogens with two attached hydrogens (primary N) is 1. The Labute approximate surface area is 197 Å². The van der Waals surface area contributed by atoms with Gasteiger partial charge in [-0.2, -0.15) is 0 Å². The van der Waals surface area contributed by atoms with E-state index in [1.165, 1.54) is 6.33 Å². The van der Waals surface area contributed by atoms with Crippen LogP contribution < -0.4 is 15.8 Å². The van der Waals surface area contributed by atoms with Gasteiger partial charge in [-0.05, 0) is 34.0 Å². The topological polar surface area (TPSA) is 96.9 Å². The number of nitrogen functional groups attached to an aromatic ring is 1. The molecule has 6 heteroatoms. The average molecular weight is 446 g/mol. The molecule has 166 valence electrons. The molecule has 1 heterocycles. The second kappa shape index (κ2) is 9.03. The molecular weight excluding hydrogens is 422 g/mol. The maximum absolute atomic E-state index is 9.04. The minimum Gasteiger partial charge on any atom is -0.495 e. The number of hydrogen-bond donors (Lipinski definition) is 3. The fraction of sp³-hybridized carbons (Fsp3) is 0.0357. The van der Waals surface area contributed by atoms with Gasteiger partial charge in [-0.25, -0.2) is 9.97 Å². The zero-order chi connectivity index (χ0) is 23.5. The van der Waals surface area contributed by atoms with Crippen LogP contribution in [-0.4, -0.2) is 22.8 Å². The highest BCUT2D eigenvalue weighted by Gasteiger charge is 2.19. The normalized spacial score (nSPS) is 10.7. The summed E-state index contributed by atoms with van der Waals surface area (Å²) < 4.78 is 5.59. The van der Waals surface area contributed by atoms with E-state index in [-0.39, 0.29) is 11.5 Å². The van der Waals surface area contributed by atoms with Gasteiger partial charge in [-0.15, -0.1) is 0 Å². The summed E-state index contributed by atoms with van der Waals surface area (Å²) in [6.45, 7) is 0. The first-order valence-electron chi connectivity index (χ1n) is 10.8. The van der Waals surface area contributed by atoms with Gasteiger partial charge < -0.3 is 15.8 Å². The number of hydrogen-bond acceptors (Lipinski definition) is 6. The first-order chi connectivity index (χ1) is 16.7. The van der Waals surface area contributed by atoms with Crippen molar-refractivity contribution in [2.75, 3.05) is 18.2 Å². The van der Waals surface area contributed by atoms with Crippen LogP contribution in [0.15, 0.2) is 97.3 Å². The van der Waals surface area contributed by atoms with Crippen molar-refractivity contribution >= 4 is 33.8 Å². The van der Waals surface area contributed by atoms with Crippen molar-refractivity contribution in [1.82, 2.24) is 9.97 Å². The molecular formula is C28H23N5O. The van der Waals surface area contributed by atoms with Gasteiger partial charge in [0.1, 0.15) is 23.7 Å². The van der Waals surface area contributed by atoms with Crippen molar-refractivity contribution in [1.29, 1.82) is 5.41 Å². The van der Waals surface area contributed by atoms with Crippen LogP contribution in [0.3, 0.4) is 0 Å². The fourth-order valence-electron chi connectivity index (χ4n) is 4.06. The zero-order valence-corrected chi connectivity index (χ0v) is 18.6. The Hall–Kier alpha value is -4.71. The van der Waals surface area contributed by atoms with E-state index in [2.05, 4.69) is 27.4 Å². The third-order valence-electron chi connectivity index (χ3n) is 5.75. The molecule has 1 aromatic heterocycles. The summed E-state index contributed by atoms with van der Waals surface area (Å²) in [4.78, 5) is 8.61. The average Bonchev–Trinajstić information content (AvgIpc) is 2.88. The third-order valence-corrected chi connectivity index (χ3v) is 5.75. The molecule has 34 heavy (non-hydrogen) atoms. The second-order valence-electron chi connectivity index (χ2n) is 7.79. The molecule has 6 nitrogen and oxygen atoms in total. The van der Waals surface area contributed by atoms with Crippen molar-refractivity contribution in [2.24, 2.45) is 0 Å². The highest BCUT2D eigenvalue weighted by molar-refractivity contribution is 6.21. The first-order valence-corrected chi connectivity index (χ1v) is 10.8. The molecule has 4 N–H and O–H groups in total. The Balaban J connectivity index is 1.60. The summed E-state index contributed by atoms with van der Waals surface area (Å²) in [5.74, 6) is 1.32. The Morgan fingerprint density at radius 3 is 2.44 bits per heavy atom. The van der Waals surface area contributed by atoms with Crippen LogP contribution in [0.2, 0.25) is 0 Å². The highest BCUT2D eigenvalue weighted by Crippen LogP contribution is 2.34. The lowest BCUT2D eigenvalue weighted by atomic mass is 9.97. The Morgan fingerprint density at radius 1 is 0.853 bits per heavy atom. The lowest BCUT2D eigenvalue weighted by molar-refractivity contribution is 0.417. The van der Waals surface area contributed by atoms with Crippen molar-refractivity contribution in [3.8, 4) is 16.9 Å². The largest absolute Gasteiger partial charge is 0.495 e. The van der Waals surface area contributed by atoms with E-state index in [9.17, 15) is 0 Å². The molecule has 0 aliphatic carbocycles. The zero-order valence-electron chi connectivity index (χ0n) is 18.6. The van der Waals surface area contributed by atoms with Gasteiger partial charge in [0, 0.05) is 5.56 Å². The number of aromatic nitrogens is 2. The number of rotatable bonds is 6. The summed E-state index contributed by atoms with van der Waals surface area (Å²) in [5.41, 5.74) is 10.5. The molecule has 0 atom stereocenters. The van der Waals surface area contributed by atoms with Crippen LogP contribution in [-0.2, 0) is 0 Å². The van der Waals surface area contributed by atoms with E-state index >= 15 is 0 Å². The number of fused-ring (bicyclic) bond motifs is 1. The van der Waals surface area contributed by atoms with Crippen LogP contribution in [0.25, 0.3) is 21.9 Å². The quantitative estimate of drug-likeness (QED) is 0.277. The molecule has 0 radical (unpaired) electrons. The van der Waals surface area contributed by atoms with Gasteiger partial charge in [0.2, 0.25) is 0 Å². The van der Waals surface area contributed by atoms with Gasteiger partial charge in [-0.1, -0.05) is 78.9 Å². The van der Waals surface area contributed by atoms with E-state index in [0.29, 0.717) is 22.8 Å². The Kier molecular flexibility index (Phi) is 5.62. The molecule has 0 fully saturated rings. The minimum atomic E-state index is 0.230. The van der Waals surface area contributed by atoms with Gasteiger partial charge in [0.25, 0.3) is 0 Å². The number of ether oxygens (including phenoxy) is 1. The van der Waals surface area contributed by atoms with E-state index in [4.69, 9.17) is 15.9 Å². The van der Waals surface area contributed by atoms with Crippen molar-refractivity contribution in [3.63, 3.8) is 0 Å². The number of nitrogens with zero attached hydrogens (tertiary/aromatic N) is 2. The standard InChI is InChI=1S/C28H23N5O/c1-34-24-15-14-20(18-8-3-2-4-9-18)16-23(24)33-28-25(27(30)31-17-32-28)26(29)22-13-7-11-19-10-5-6-12-21(19)22/h2-17,29H,1H3,(H3,30,31,32,33). The monoisotopic (exact) mass is 445 g/mol. The molecule has 4 aromatic carbocycles. The van der Waals surface area contributed by atoms with Crippen LogP contribution in [0.5, 0.6) is 5.75 Å². The SMILES string of the molecule is COc1ccc(-c2ccccc2)cc1Nc1ncnc(N)c1C(=N)c1cccc2ccccc12. The van der Waals surface area contributed by atoms with Gasteiger partial charge >= 0.3 is 0 Å². The highest BCUT2D eigenvalue weighted by atomic mass is 16.5. The van der Waals surface area contributed by atoms with Gasteiger partial charge in [0.05, 0.1) is 24.1 Å². The Morgan fingerprint density at radius 2 is 1.62 bits per heavy atom. The first kappa shape index (κ1) is 21.2. The molecule has 0 spiro atoms. The number of anilines is 3. The molecule has 0 amide bonds. The van der Waals surface area contributed by atoms with Gasteiger partial charge in [0.15, 0.2) is 0 Å². The smallest absolute Gasteiger partial charge is 0.145 e. The maximum atomic E-state index is 9.04. The molecule has 5 aromatic rings. The summed E-state index contributed by atoms with van der Waals surface area (Å²) in [5, 5.41) is 14.4. The lowest BCUT2D eigenvalue weighted by Gasteiger charge is -2.17.